The zero-order chi connectivity index (χ0) is 7.84. The molecule has 0 aliphatic heterocycles. The minimum Gasteiger partial charge on any atom is -0.259 e. The number of allylic oxidation sites excluding steroid dienone is 1. The second kappa shape index (κ2) is 2.45. The number of rotatable bonds is 0. The molecule has 0 bridgehead atoms. The molecule has 0 spiro atoms. The first kappa shape index (κ1) is 7.04. The van der Waals surface area contributed by atoms with Gasteiger partial charge in [-0.25, -0.2) is 0 Å². The molecule has 1 heterocycles. The van der Waals surface area contributed by atoms with Crippen LogP contribution in [0.15, 0.2) is 22.3 Å². The van der Waals surface area contributed by atoms with Crippen molar-refractivity contribution in [2.24, 2.45) is 0 Å². The van der Waals surface area contributed by atoms with E-state index in [0.29, 0.717) is 0 Å². The van der Waals surface area contributed by atoms with Crippen molar-refractivity contribution in [3.05, 3.63) is 33.6 Å². The molecule has 1 aliphatic rings. The Kier molecular flexibility index (Phi) is 1.57. The molecule has 1 aliphatic carbocycles. The summed E-state index contributed by atoms with van der Waals surface area (Å²) in [6, 6.07) is 2.11. The highest BCUT2D eigenvalue weighted by Gasteiger charge is 2.09. The highest BCUT2D eigenvalue weighted by molar-refractivity contribution is 9.10. The summed E-state index contributed by atoms with van der Waals surface area (Å²) in [6.45, 7) is 2.13. The van der Waals surface area contributed by atoms with Gasteiger partial charge >= 0.3 is 0 Å². The van der Waals surface area contributed by atoms with E-state index in [2.05, 4.69) is 40.0 Å². The Hall–Kier alpha value is -0.630. The van der Waals surface area contributed by atoms with Crippen molar-refractivity contribution in [3.8, 4) is 0 Å². The maximum atomic E-state index is 4.31. The van der Waals surface area contributed by atoms with Gasteiger partial charge in [-0.15, -0.1) is 0 Å². The average molecular weight is 210 g/mol. The molecule has 0 aromatic carbocycles. The molecule has 56 valence electrons. The summed E-state index contributed by atoms with van der Waals surface area (Å²) >= 11 is 3.39. The van der Waals surface area contributed by atoms with E-state index in [4.69, 9.17) is 0 Å². The molecule has 0 saturated heterocycles. The Labute approximate surface area is 74.3 Å². The predicted octanol–water partition coefficient (Wildman–Crippen LogP) is 2.80. The van der Waals surface area contributed by atoms with Crippen molar-refractivity contribution in [3.63, 3.8) is 0 Å². The van der Waals surface area contributed by atoms with Crippen molar-refractivity contribution >= 4 is 22.0 Å². The fourth-order valence-corrected chi connectivity index (χ4v) is 1.69. The normalized spacial score (nSPS) is 14.5. The van der Waals surface area contributed by atoms with E-state index < -0.39 is 0 Å². The second-order valence-electron chi connectivity index (χ2n) is 2.86. The zero-order valence-corrected chi connectivity index (χ0v) is 7.85. The Balaban J connectivity index is 2.54. The summed E-state index contributed by atoms with van der Waals surface area (Å²) in [6.07, 6.45) is 5.06. The fourth-order valence-electron chi connectivity index (χ4n) is 1.34. The molecule has 2 rings (SSSR count). The van der Waals surface area contributed by atoms with E-state index in [-0.39, 0.29) is 0 Å². The third-order valence-electron chi connectivity index (χ3n) is 1.82. The van der Waals surface area contributed by atoms with Crippen LogP contribution in [0.25, 0.3) is 6.08 Å². The molecule has 0 N–H and O–H groups in total. The summed E-state index contributed by atoms with van der Waals surface area (Å²) in [7, 11) is 0. The fraction of sp³-hybridized carbons (Fsp3) is 0.222. The monoisotopic (exact) mass is 209 g/mol. The van der Waals surface area contributed by atoms with Gasteiger partial charge in [-0.2, -0.15) is 0 Å². The molecule has 0 amide bonds. The van der Waals surface area contributed by atoms with Crippen molar-refractivity contribution in [1.82, 2.24) is 4.98 Å². The van der Waals surface area contributed by atoms with Crippen LogP contribution in [0.2, 0.25) is 0 Å². The van der Waals surface area contributed by atoms with Crippen LogP contribution in [0, 0.1) is 0 Å². The zero-order valence-electron chi connectivity index (χ0n) is 6.26. The molecule has 1 aromatic rings. The molecule has 0 unspecified atom stereocenters. The molecular weight excluding hydrogens is 202 g/mol. The number of pyridine rings is 1. The van der Waals surface area contributed by atoms with E-state index in [9.17, 15) is 0 Å². The van der Waals surface area contributed by atoms with Gasteiger partial charge in [-0.05, 0) is 34.5 Å². The van der Waals surface area contributed by atoms with Crippen LogP contribution >= 0.6 is 15.9 Å². The Bertz CT molecular complexity index is 328. The van der Waals surface area contributed by atoms with Gasteiger partial charge in [0.2, 0.25) is 0 Å². The second-order valence-corrected chi connectivity index (χ2v) is 3.77. The molecular formula is C9H8BrN. The molecule has 1 aromatic heterocycles. The lowest BCUT2D eigenvalue weighted by Crippen LogP contribution is -1.87. The smallest absolute Gasteiger partial charge is 0.0517 e. The van der Waals surface area contributed by atoms with Crippen molar-refractivity contribution < 1.29 is 0 Å². The molecule has 1 nitrogen and oxygen atoms in total. The summed E-state index contributed by atoms with van der Waals surface area (Å²) < 4.78 is 1.06. The first-order valence-corrected chi connectivity index (χ1v) is 4.36. The quantitative estimate of drug-likeness (QED) is 0.641. The van der Waals surface area contributed by atoms with Crippen molar-refractivity contribution in [2.45, 2.75) is 13.3 Å². The van der Waals surface area contributed by atoms with Gasteiger partial charge in [-0.3, -0.25) is 4.98 Å². The summed E-state index contributed by atoms with van der Waals surface area (Å²) in [5.74, 6) is 0. The van der Waals surface area contributed by atoms with Crippen LogP contribution in [0.1, 0.15) is 18.2 Å². The van der Waals surface area contributed by atoms with E-state index in [1.807, 2.05) is 6.20 Å². The topological polar surface area (TPSA) is 12.9 Å². The third-order valence-corrected chi connectivity index (χ3v) is 2.25. The summed E-state index contributed by atoms with van der Waals surface area (Å²) in [4.78, 5) is 4.31. The molecule has 0 atom stereocenters. The van der Waals surface area contributed by atoms with Gasteiger partial charge in [0, 0.05) is 17.1 Å². The standard InChI is InChI=1S/C9H8BrN/c1-6-2-7-4-8(10)5-11-9(7)3-6/h2,4-5H,3H2,1H3. The predicted molar refractivity (Wildman–Crippen MR) is 49.3 cm³/mol. The van der Waals surface area contributed by atoms with Gasteiger partial charge < -0.3 is 0 Å². The number of fused-ring (bicyclic) bond motifs is 1. The first-order chi connectivity index (χ1) is 5.25. The number of aromatic nitrogens is 1. The molecule has 0 fully saturated rings. The lowest BCUT2D eigenvalue weighted by molar-refractivity contribution is 1.08. The maximum absolute atomic E-state index is 4.31. The van der Waals surface area contributed by atoms with Crippen LogP contribution in [0.5, 0.6) is 0 Å². The Morgan fingerprint density at radius 2 is 2.36 bits per heavy atom. The largest absolute Gasteiger partial charge is 0.259 e. The van der Waals surface area contributed by atoms with Gasteiger partial charge in [0.25, 0.3) is 0 Å². The van der Waals surface area contributed by atoms with Crippen LogP contribution < -0.4 is 0 Å². The van der Waals surface area contributed by atoms with Crippen LogP contribution in [-0.2, 0) is 6.42 Å². The Morgan fingerprint density at radius 1 is 1.55 bits per heavy atom. The van der Waals surface area contributed by atoms with Gasteiger partial charge in [-0.1, -0.05) is 11.6 Å². The number of nitrogens with zero attached hydrogens (tertiary/aromatic N) is 1. The SMILES string of the molecule is CC1=Cc2cc(Br)cnc2C1. The van der Waals surface area contributed by atoms with Gasteiger partial charge in [0.05, 0.1) is 5.69 Å². The summed E-state index contributed by atoms with van der Waals surface area (Å²) in [5.41, 5.74) is 3.85. The average Bonchev–Trinajstić information content (AvgIpc) is 2.27. The van der Waals surface area contributed by atoms with E-state index >= 15 is 0 Å². The van der Waals surface area contributed by atoms with Crippen molar-refractivity contribution in [1.29, 1.82) is 0 Å². The molecule has 2 heteroatoms. The van der Waals surface area contributed by atoms with E-state index in [1.165, 1.54) is 16.8 Å². The van der Waals surface area contributed by atoms with E-state index in [1.54, 1.807) is 0 Å². The Morgan fingerprint density at radius 3 is 3.18 bits per heavy atom. The minimum absolute atomic E-state index is 1.02. The summed E-state index contributed by atoms with van der Waals surface area (Å²) in [5, 5.41) is 0. The molecule has 11 heavy (non-hydrogen) atoms. The lowest BCUT2D eigenvalue weighted by Gasteiger charge is -1.96. The third kappa shape index (κ3) is 1.23. The number of hydrogen-bond acceptors (Lipinski definition) is 1. The lowest BCUT2D eigenvalue weighted by atomic mass is 10.2. The van der Waals surface area contributed by atoms with Crippen LogP contribution in [0.3, 0.4) is 0 Å². The number of halogens is 1. The van der Waals surface area contributed by atoms with Gasteiger partial charge in [0.15, 0.2) is 0 Å². The maximum Gasteiger partial charge on any atom is 0.0517 e. The van der Waals surface area contributed by atoms with Gasteiger partial charge in [0.1, 0.15) is 0 Å². The minimum atomic E-state index is 1.02. The van der Waals surface area contributed by atoms with Crippen LogP contribution in [0.4, 0.5) is 0 Å². The number of hydrogen-bond donors (Lipinski definition) is 0. The highest BCUT2D eigenvalue weighted by atomic mass is 79.9. The highest BCUT2D eigenvalue weighted by Crippen LogP contribution is 2.24. The van der Waals surface area contributed by atoms with Crippen molar-refractivity contribution in [2.75, 3.05) is 0 Å². The molecule has 0 saturated carbocycles. The molecule has 0 radical (unpaired) electrons. The van der Waals surface area contributed by atoms with Crippen LogP contribution in [-0.4, -0.2) is 4.98 Å². The van der Waals surface area contributed by atoms with E-state index in [0.717, 1.165) is 10.9 Å². The first-order valence-electron chi connectivity index (χ1n) is 3.57.